The quantitative estimate of drug-likeness (QED) is 0.237. The first-order valence-electron chi connectivity index (χ1n) is 8.56. The van der Waals surface area contributed by atoms with E-state index in [4.69, 9.17) is 33.7 Å². The molecule has 1 aromatic heterocycles. The van der Waals surface area contributed by atoms with E-state index in [1.807, 2.05) is 24.3 Å². The van der Waals surface area contributed by atoms with Crippen LogP contribution in [0, 0.1) is 22.7 Å². The van der Waals surface area contributed by atoms with Gasteiger partial charge in [-0.05, 0) is 29.7 Å². The molecule has 0 unspecified atom stereocenters. The molecule has 0 spiro atoms. The van der Waals surface area contributed by atoms with E-state index < -0.39 is 6.09 Å². The SMILES string of the molecule is COC(=O)NN.N#CCC(=O)c1ccccc1Cl.N#Cc1snnc1-c1ccccc1Cl. The number of hydrogen-bond acceptors (Lipinski definition) is 9. The van der Waals surface area contributed by atoms with Gasteiger partial charge in [-0.1, -0.05) is 58.0 Å². The molecule has 164 valence electrons. The molecule has 0 fully saturated rings. The fraction of sp³-hybridized carbons (Fsp3) is 0.100. The molecule has 9 nitrogen and oxygen atoms in total. The molecule has 2 aromatic carbocycles. The molecule has 0 radical (unpaired) electrons. The van der Waals surface area contributed by atoms with Crippen molar-refractivity contribution >= 4 is 46.6 Å². The topological polar surface area (TPSA) is 155 Å². The Morgan fingerprint density at radius 1 is 1.12 bits per heavy atom. The summed E-state index contributed by atoms with van der Waals surface area (Å²) in [5.74, 6) is 4.32. The number of benzene rings is 2. The summed E-state index contributed by atoms with van der Waals surface area (Å²) < 4.78 is 7.75. The van der Waals surface area contributed by atoms with Crippen LogP contribution >= 0.6 is 34.7 Å². The number of nitrogens with zero attached hydrogens (tertiary/aromatic N) is 4. The molecule has 3 aromatic rings. The van der Waals surface area contributed by atoms with E-state index >= 15 is 0 Å². The van der Waals surface area contributed by atoms with Crippen molar-refractivity contribution in [2.45, 2.75) is 6.42 Å². The van der Waals surface area contributed by atoms with Crippen LogP contribution in [0.5, 0.6) is 0 Å². The fourth-order valence-corrected chi connectivity index (χ4v) is 2.96. The third-order valence-electron chi connectivity index (χ3n) is 3.44. The Morgan fingerprint density at radius 2 is 1.75 bits per heavy atom. The lowest BCUT2D eigenvalue weighted by atomic mass is 10.1. The number of nitrogens with two attached hydrogens (primary N) is 1. The molecule has 0 atom stereocenters. The zero-order valence-electron chi connectivity index (χ0n) is 16.6. The largest absolute Gasteiger partial charge is 0.452 e. The van der Waals surface area contributed by atoms with E-state index in [-0.39, 0.29) is 12.2 Å². The van der Waals surface area contributed by atoms with E-state index in [0.29, 0.717) is 26.2 Å². The molecule has 0 saturated heterocycles. The highest BCUT2D eigenvalue weighted by molar-refractivity contribution is 7.06. The first-order chi connectivity index (χ1) is 15.4. The summed E-state index contributed by atoms with van der Waals surface area (Å²) in [5, 5.41) is 21.9. The van der Waals surface area contributed by atoms with Crippen molar-refractivity contribution in [1.29, 1.82) is 10.5 Å². The van der Waals surface area contributed by atoms with Gasteiger partial charge in [0.05, 0.1) is 29.6 Å². The second-order valence-corrected chi connectivity index (χ2v) is 6.98. The maximum atomic E-state index is 11.2. The van der Waals surface area contributed by atoms with Crippen LogP contribution in [-0.2, 0) is 4.74 Å². The minimum atomic E-state index is -0.630. The van der Waals surface area contributed by atoms with Crippen molar-refractivity contribution < 1.29 is 14.3 Å². The number of ether oxygens (including phenoxy) is 1. The molecule has 0 saturated carbocycles. The van der Waals surface area contributed by atoms with Crippen LogP contribution in [0.2, 0.25) is 10.0 Å². The lowest BCUT2D eigenvalue weighted by Gasteiger charge is -1.98. The normalized spacial score (nSPS) is 8.94. The van der Waals surface area contributed by atoms with Gasteiger partial charge >= 0.3 is 6.09 Å². The Hall–Kier alpha value is -3.54. The molecular formula is C20H16Cl2N6O3S. The van der Waals surface area contributed by atoms with Crippen LogP contribution in [0.25, 0.3) is 11.3 Å². The number of nitrogens with one attached hydrogen (secondary N) is 1. The third-order valence-corrected chi connectivity index (χ3v) is 4.73. The Labute approximate surface area is 198 Å². The molecule has 3 N–H and O–H groups in total. The third kappa shape index (κ3) is 8.30. The summed E-state index contributed by atoms with van der Waals surface area (Å²) in [6.07, 6.45) is -0.751. The summed E-state index contributed by atoms with van der Waals surface area (Å²) >= 11 is 12.8. The number of amides is 1. The zero-order chi connectivity index (χ0) is 23.9. The van der Waals surface area contributed by atoms with E-state index in [9.17, 15) is 9.59 Å². The summed E-state index contributed by atoms with van der Waals surface area (Å²) in [6.45, 7) is 0. The van der Waals surface area contributed by atoms with Gasteiger partial charge in [-0.25, -0.2) is 10.6 Å². The van der Waals surface area contributed by atoms with Crippen LogP contribution < -0.4 is 11.3 Å². The Bertz CT molecular complexity index is 1130. The lowest BCUT2D eigenvalue weighted by Crippen LogP contribution is -2.29. The van der Waals surface area contributed by atoms with E-state index in [0.717, 1.165) is 17.1 Å². The number of nitriles is 2. The summed E-state index contributed by atoms with van der Waals surface area (Å²) in [4.78, 5) is 21.4. The van der Waals surface area contributed by atoms with Gasteiger partial charge in [0, 0.05) is 11.1 Å². The molecule has 0 aliphatic rings. The molecule has 12 heteroatoms. The number of hydrazine groups is 1. The number of halogens is 2. The van der Waals surface area contributed by atoms with E-state index in [1.165, 1.54) is 7.11 Å². The van der Waals surface area contributed by atoms with E-state index in [1.54, 1.807) is 41.8 Å². The number of hydrogen-bond donors (Lipinski definition) is 2. The first kappa shape index (κ1) is 26.5. The molecular weight excluding hydrogens is 475 g/mol. The van der Waals surface area contributed by atoms with Crippen LogP contribution in [-0.4, -0.2) is 28.6 Å². The lowest BCUT2D eigenvalue weighted by molar-refractivity contribution is 0.0998. The Kier molecular flexibility index (Phi) is 12.0. The van der Waals surface area contributed by atoms with Gasteiger partial charge in [-0.2, -0.15) is 10.5 Å². The summed E-state index contributed by atoms with van der Waals surface area (Å²) in [5.41, 5.74) is 3.48. The number of carbonyl (C=O) groups is 2. The van der Waals surface area contributed by atoms with Gasteiger partial charge in [0.15, 0.2) is 10.7 Å². The second-order valence-electron chi connectivity index (χ2n) is 5.42. The van der Waals surface area contributed by atoms with E-state index in [2.05, 4.69) is 20.2 Å². The van der Waals surface area contributed by atoms with Gasteiger partial charge in [-0.15, -0.1) is 5.10 Å². The molecule has 1 heterocycles. The number of rotatable bonds is 3. The van der Waals surface area contributed by atoms with Crippen LogP contribution in [0.15, 0.2) is 48.5 Å². The molecule has 0 aliphatic carbocycles. The predicted octanol–water partition coefficient (Wildman–Crippen LogP) is 4.38. The summed E-state index contributed by atoms with van der Waals surface area (Å²) in [7, 11) is 1.24. The number of ketones is 1. The number of methoxy groups -OCH3 is 1. The zero-order valence-corrected chi connectivity index (χ0v) is 18.9. The molecule has 3 rings (SSSR count). The number of Topliss-reactive ketones (excluding diaryl/α,β-unsaturated/α-hetero) is 1. The average molecular weight is 491 g/mol. The van der Waals surface area contributed by atoms with Gasteiger partial charge in [0.1, 0.15) is 11.8 Å². The van der Waals surface area contributed by atoms with Gasteiger partial charge in [0.25, 0.3) is 0 Å². The number of aromatic nitrogens is 2. The Morgan fingerprint density at radius 3 is 2.25 bits per heavy atom. The highest BCUT2D eigenvalue weighted by Gasteiger charge is 2.12. The minimum Gasteiger partial charge on any atom is -0.452 e. The van der Waals surface area contributed by atoms with Gasteiger partial charge < -0.3 is 4.74 Å². The standard InChI is InChI=1S/C9H4ClN3S.C9H6ClNO.C2H6N2O2/c10-7-4-2-1-3-6(7)9-8(5-11)14-13-12-9;10-8-4-2-1-3-7(8)9(12)5-6-11;1-6-2(5)4-3/h1-4H;1-4H,5H2;3H2,1H3,(H,4,5). The molecule has 32 heavy (non-hydrogen) atoms. The average Bonchev–Trinajstić information content (AvgIpc) is 3.29. The molecule has 0 bridgehead atoms. The summed E-state index contributed by atoms with van der Waals surface area (Å²) in [6, 6.07) is 17.8. The first-order valence-corrected chi connectivity index (χ1v) is 10.1. The monoisotopic (exact) mass is 490 g/mol. The highest BCUT2D eigenvalue weighted by Crippen LogP contribution is 2.29. The van der Waals surface area contributed by atoms with Crippen LogP contribution in [0.1, 0.15) is 21.7 Å². The predicted molar refractivity (Wildman–Crippen MR) is 121 cm³/mol. The maximum absolute atomic E-state index is 11.2. The molecule has 1 amide bonds. The van der Waals surface area contributed by atoms with Crippen LogP contribution in [0.3, 0.4) is 0 Å². The van der Waals surface area contributed by atoms with Gasteiger partial charge in [0.2, 0.25) is 0 Å². The fourth-order valence-electron chi connectivity index (χ4n) is 2.01. The smallest absolute Gasteiger partial charge is 0.421 e. The minimum absolute atomic E-state index is 0.121. The van der Waals surface area contributed by atoms with Crippen molar-refractivity contribution in [3.8, 4) is 23.4 Å². The highest BCUT2D eigenvalue weighted by atomic mass is 35.5. The number of carbonyl (C=O) groups excluding carboxylic acids is 2. The van der Waals surface area contributed by atoms with Crippen molar-refractivity contribution in [3.63, 3.8) is 0 Å². The van der Waals surface area contributed by atoms with Crippen molar-refractivity contribution in [2.75, 3.05) is 7.11 Å². The van der Waals surface area contributed by atoms with Crippen molar-refractivity contribution in [3.05, 3.63) is 69.0 Å². The maximum Gasteiger partial charge on any atom is 0.421 e. The Balaban J connectivity index is 0.000000260. The second kappa shape index (κ2) is 14.5. The van der Waals surface area contributed by atoms with Crippen LogP contribution in [0.4, 0.5) is 4.79 Å². The molecule has 0 aliphatic heterocycles. The van der Waals surface area contributed by atoms with Gasteiger partial charge in [-0.3, -0.25) is 10.2 Å². The van der Waals surface area contributed by atoms with Crippen molar-refractivity contribution in [1.82, 2.24) is 15.0 Å². The van der Waals surface area contributed by atoms with Crippen molar-refractivity contribution in [2.24, 2.45) is 5.84 Å².